The number of nitrogens with zero attached hydrogens (tertiary/aromatic N) is 1. The predicted octanol–water partition coefficient (Wildman–Crippen LogP) is 5.36. The van der Waals surface area contributed by atoms with Gasteiger partial charge in [-0.05, 0) is 38.5 Å². The lowest BCUT2D eigenvalue weighted by molar-refractivity contribution is -0.916. The molecule has 0 amide bonds. The van der Waals surface area contributed by atoms with Crippen LogP contribution < -0.4 is 0 Å². The molecule has 122 valence electrons. The van der Waals surface area contributed by atoms with Crippen LogP contribution in [0.2, 0.25) is 0 Å². The average Bonchev–Trinajstić information content (AvgIpc) is 2.43. The lowest BCUT2D eigenvalue weighted by Gasteiger charge is -2.40. The van der Waals surface area contributed by atoms with Crippen LogP contribution in [0.25, 0.3) is 0 Å². The topological polar surface area (TPSA) is 30.0 Å². The molecule has 0 heterocycles. The summed E-state index contributed by atoms with van der Waals surface area (Å²) >= 11 is 0. The first kappa shape index (κ1) is 19.9. The second kappa shape index (κ2) is 11.6. The van der Waals surface area contributed by atoms with Crippen molar-refractivity contribution in [1.29, 1.82) is 0 Å². The van der Waals surface area contributed by atoms with Crippen molar-refractivity contribution in [3.05, 3.63) is 0 Å². The Bertz CT molecular complexity index is 209. The van der Waals surface area contributed by atoms with E-state index in [0.29, 0.717) is 0 Å². The maximum Gasteiger partial charge on any atom is 0.0886 e. The number of quaternary nitrogens is 1. The molecule has 1 saturated carbocycles. The van der Waals surface area contributed by atoms with Crippen LogP contribution in [0.15, 0.2) is 0 Å². The van der Waals surface area contributed by atoms with Gasteiger partial charge in [0.2, 0.25) is 0 Å². The molecule has 0 aromatic carbocycles. The first-order valence-electron chi connectivity index (χ1n) is 8.99. The van der Waals surface area contributed by atoms with Crippen LogP contribution in [0.4, 0.5) is 0 Å². The molecule has 0 bridgehead atoms. The molecular formula is C18H39NO. The summed E-state index contributed by atoms with van der Waals surface area (Å²) in [5.41, 5.74) is 0. The van der Waals surface area contributed by atoms with Crippen LogP contribution in [0, 0.1) is 0 Å². The van der Waals surface area contributed by atoms with Gasteiger partial charge in [-0.3, -0.25) is 0 Å². The van der Waals surface area contributed by atoms with E-state index in [4.69, 9.17) is 0 Å². The van der Waals surface area contributed by atoms with Gasteiger partial charge in [0.15, 0.2) is 0 Å². The molecule has 1 aliphatic carbocycles. The summed E-state index contributed by atoms with van der Waals surface area (Å²) in [5, 5.41) is 0. The molecule has 2 nitrogen and oxygen atoms in total. The van der Waals surface area contributed by atoms with E-state index in [1.54, 1.807) is 0 Å². The summed E-state index contributed by atoms with van der Waals surface area (Å²) in [4.78, 5) is 0. The molecular weight excluding hydrogens is 246 g/mol. The molecule has 0 atom stereocenters. The zero-order chi connectivity index (χ0) is 14.0. The van der Waals surface area contributed by atoms with Gasteiger partial charge in [0, 0.05) is 0 Å². The minimum Gasteiger partial charge on any atom is -0.870 e. The molecule has 0 radical (unpaired) electrons. The van der Waals surface area contributed by atoms with E-state index in [-0.39, 0.29) is 5.48 Å². The fraction of sp³-hybridized carbons (Fsp3) is 1.00. The zero-order valence-electron chi connectivity index (χ0n) is 14.4. The van der Waals surface area contributed by atoms with Crippen LogP contribution in [0.3, 0.4) is 0 Å². The van der Waals surface area contributed by atoms with E-state index in [0.717, 1.165) is 6.04 Å². The van der Waals surface area contributed by atoms with Gasteiger partial charge in [-0.1, -0.05) is 51.9 Å². The van der Waals surface area contributed by atoms with E-state index in [1.165, 1.54) is 94.5 Å². The Labute approximate surface area is 127 Å². The summed E-state index contributed by atoms with van der Waals surface area (Å²) < 4.78 is 1.29. The van der Waals surface area contributed by atoms with Crippen LogP contribution in [-0.4, -0.2) is 36.6 Å². The number of rotatable bonds is 10. The number of hydrogen-bond donors (Lipinski definition) is 0. The van der Waals surface area contributed by atoms with Crippen molar-refractivity contribution in [2.45, 2.75) is 96.4 Å². The highest BCUT2D eigenvalue weighted by Gasteiger charge is 2.28. The van der Waals surface area contributed by atoms with E-state index >= 15 is 0 Å². The molecule has 20 heavy (non-hydrogen) atoms. The van der Waals surface area contributed by atoms with Crippen molar-refractivity contribution >= 4 is 0 Å². The Morgan fingerprint density at radius 3 is 1.80 bits per heavy atom. The minimum absolute atomic E-state index is 0. The standard InChI is InChI=1S/C18H38N.H2O/c1-4-5-6-7-8-9-10-14-17-19(2,3)18-15-12-11-13-16-18;/h18H,4-17H2,1-3H3;1H2/q+1;/p-1. The van der Waals surface area contributed by atoms with Crippen LogP contribution in [-0.2, 0) is 0 Å². The normalized spacial score (nSPS) is 16.9. The Kier molecular flexibility index (Phi) is 11.5. The molecule has 1 N–H and O–H groups in total. The van der Waals surface area contributed by atoms with Gasteiger partial charge in [0.25, 0.3) is 0 Å². The second-order valence-electron chi connectivity index (χ2n) is 7.27. The summed E-state index contributed by atoms with van der Waals surface area (Å²) in [6.07, 6.45) is 19.0. The van der Waals surface area contributed by atoms with Crippen molar-refractivity contribution in [3.8, 4) is 0 Å². The lowest BCUT2D eigenvalue weighted by atomic mass is 9.93. The van der Waals surface area contributed by atoms with Crippen LogP contribution in [0.1, 0.15) is 90.4 Å². The summed E-state index contributed by atoms with van der Waals surface area (Å²) in [5.74, 6) is 0. The molecule has 0 aromatic heterocycles. The molecule has 0 aromatic rings. The molecule has 1 fully saturated rings. The van der Waals surface area contributed by atoms with Gasteiger partial charge in [-0.15, -0.1) is 0 Å². The van der Waals surface area contributed by atoms with Crippen LogP contribution >= 0.6 is 0 Å². The third-order valence-corrected chi connectivity index (χ3v) is 5.15. The fourth-order valence-electron chi connectivity index (χ4n) is 3.62. The molecule has 1 aliphatic rings. The van der Waals surface area contributed by atoms with Crippen molar-refractivity contribution in [2.75, 3.05) is 20.6 Å². The van der Waals surface area contributed by atoms with Crippen molar-refractivity contribution < 1.29 is 9.96 Å². The highest BCUT2D eigenvalue weighted by atomic mass is 16.0. The van der Waals surface area contributed by atoms with E-state index in [1.807, 2.05) is 0 Å². The molecule has 1 rings (SSSR count). The second-order valence-corrected chi connectivity index (χ2v) is 7.27. The Morgan fingerprint density at radius 2 is 1.25 bits per heavy atom. The quantitative estimate of drug-likeness (QED) is 0.392. The van der Waals surface area contributed by atoms with Gasteiger partial charge < -0.3 is 9.96 Å². The summed E-state index contributed by atoms with van der Waals surface area (Å²) in [7, 11) is 4.94. The third-order valence-electron chi connectivity index (χ3n) is 5.15. The highest BCUT2D eigenvalue weighted by molar-refractivity contribution is 4.65. The van der Waals surface area contributed by atoms with Crippen molar-refractivity contribution in [1.82, 2.24) is 0 Å². The smallest absolute Gasteiger partial charge is 0.0886 e. The molecule has 0 spiro atoms. The van der Waals surface area contributed by atoms with Gasteiger partial charge in [-0.25, -0.2) is 0 Å². The van der Waals surface area contributed by atoms with Crippen LogP contribution in [0.5, 0.6) is 0 Å². The first-order valence-corrected chi connectivity index (χ1v) is 8.99. The highest BCUT2D eigenvalue weighted by Crippen LogP contribution is 2.26. The van der Waals surface area contributed by atoms with Gasteiger partial charge in [0.05, 0.1) is 26.7 Å². The number of hydrogen-bond acceptors (Lipinski definition) is 1. The Morgan fingerprint density at radius 1 is 0.750 bits per heavy atom. The van der Waals surface area contributed by atoms with Crippen molar-refractivity contribution in [3.63, 3.8) is 0 Å². The van der Waals surface area contributed by atoms with E-state index in [9.17, 15) is 0 Å². The molecule has 0 unspecified atom stereocenters. The minimum atomic E-state index is 0. The Balaban J connectivity index is 0.00000361. The van der Waals surface area contributed by atoms with Gasteiger partial charge in [0.1, 0.15) is 0 Å². The van der Waals surface area contributed by atoms with Gasteiger partial charge >= 0.3 is 0 Å². The van der Waals surface area contributed by atoms with Crippen molar-refractivity contribution in [2.24, 2.45) is 0 Å². The molecule has 2 heteroatoms. The SMILES string of the molecule is CCCCCCCCCC[N+](C)(C)C1CCCCC1.[OH-]. The molecule has 0 saturated heterocycles. The molecule has 0 aliphatic heterocycles. The lowest BCUT2D eigenvalue weighted by Crippen LogP contribution is -2.50. The fourth-order valence-corrected chi connectivity index (χ4v) is 3.62. The van der Waals surface area contributed by atoms with Gasteiger partial charge in [-0.2, -0.15) is 0 Å². The largest absolute Gasteiger partial charge is 0.870 e. The van der Waals surface area contributed by atoms with E-state index in [2.05, 4.69) is 21.0 Å². The maximum absolute atomic E-state index is 2.47. The van der Waals surface area contributed by atoms with E-state index < -0.39 is 0 Å². The number of unbranched alkanes of at least 4 members (excludes halogenated alkanes) is 7. The zero-order valence-corrected chi connectivity index (χ0v) is 14.4. The monoisotopic (exact) mass is 285 g/mol. The first-order chi connectivity index (χ1) is 9.17. The summed E-state index contributed by atoms with van der Waals surface area (Å²) in [6, 6.07) is 0.957. The Hall–Kier alpha value is -0.0800. The third kappa shape index (κ3) is 8.26. The summed E-state index contributed by atoms with van der Waals surface area (Å²) in [6.45, 7) is 3.70. The predicted molar refractivity (Wildman–Crippen MR) is 88.4 cm³/mol. The average molecular weight is 286 g/mol. The maximum atomic E-state index is 2.47.